The van der Waals surface area contributed by atoms with Crippen LogP contribution in [-0.2, 0) is 6.54 Å². The summed E-state index contributed by atoms with van der Waals surface area (Å²) in [5.74, 6) is 0.124. The monoisotopic (exact) mass is 283 g/mol. The fraction of sp³-hybridized carbons (Fsp3) is 0.500. The van der Waals surface area contributed by atoms with Crippen molar-refractivity contribution in [3.8, 4) is 0 Å². The standard InChI is InChI=1S/C14H21N3O.ClH/c1-16-13-3-2-8-17(10-13)14(18)12-6-4-11(9-15)5-7-12;/h4-7,13,16H,2-3,8-10,15H2,1H3;1H. The third kappa shape index (κ3) is 3.93. The number of rotatable bonds is 3. The first-order valence-corrected chi connectivity index (χ1v) is 6.50. The van der Waals surface area contributed by atoms with Crippen molar-refractivity contribution < 1.29 is 4.79 Å². The highest BCUT2D eigenvalue weighted by molar-refractivity contribution is 5.94. The summed E-state index contributed by atoms with van der Waals surface area (Å²) in [6, 6.07) is 8.01. The molecule has 2 rings (SSSR count). The van der Waals surface area contributed by atoms with E-state index < -0.39 is 0 Å². The summed E-state index contributed by atoms with van der Waals surface area (Å²) in [5.41, 5.74) is 7.36. The first-order chi connectivity index (χ1) is 8.74. The van der Waals surface area contributed by atoms with Gasteiger partial charge in [-0.2, -0.15) is 0 Å². The van der Waals surface area contributed by atoms with Crippen LogP contribution in [0.2, 0.25) is 0 Å². The van der Waals surface area contributed by atoms with Crippen LogP contribution in [0.4, 0.5) is 0 Å². The van der Waals surface area contributed by atoms with E-state index in [-0.39, 0.29) is 18.3 Å². The molecule has 0 bridgehead atoms. The van der Waals surface area contributed by atoms with Crippen LogP contribution < -0.4 is 11.1 Å². The molecule has 0 aliphatic carbocycles. The molecule has 19 heavy (non-hydrogen) atoms. The second-order valence-corrected chi connectivity index (χ2v) is 4.78. The predicted molar refractivity (Wildman–Crippen MR) is 79.6 cm³/mol. The molecule has 0 saturated carbocycles. The van der Waals surface area contributed by atoms with Crippen molar-refractivity contribution in [2.45, 2.75) is 25.4 Å². The number of hydrogen-bond acceptors (Lipinski definition) is 3. The quantitative estimate of drug-likeness (QED) is 0.881. The molecule has 1 fully saturated rings. The zero-order chi connectivity index (χ0) is 13.0. The molecule has 1 unspecified atom stereocenters. The van der Waals surface area contributed by atoms with Crippen molar-refractivity contribution in [3.63, 3.8) is 0 Å². The van der Waals surface area contributed by atoms with Crippen molar-refractivity contribution in [1.29, 1.82) is 0 Å². The zero-order valence-corrected chi connectivity index (χ0v) is 12.1. The topological polar surface area (TPSA) is 58.4 Å². The summed E-state index contributed by atoms with van der Waals surface area (Å²) >= 11 is 0. The molecule has 1 aliphatic heterocycles. The largest absolute Gasteiger partial charge is 0.337 e. The minimum atomic E-state index is 0. The molecular weight excluding hydrogens is 262 g/mol. The Balaban J connectivity index is 0.00000180. The number of carbonyl (C=O) groups excluding carboxylic acids is 1. The van der Waals surface area contributed by atoms with E-state index >= 15 is 0 Å². The van der Waals surface area contributed by atoms with E-state index in [2.05, 4.69) is 5.32 Å². The SMILES string of the molecule is CNC1CCCN(C(=O)c2ccc(CN)cc2)C1.Cl. The number of piperidine rings is 1. The highest BCUT2D eigenvalue weighted by Gasteiger charge is 2.23. The minimum absolute atomic E-state index is 0. The van der Waals surface area contributed by atoms with Gasteiger partial charge in [-0.05, 0) is 37.6 Å². The number of amides is 1. The van der Waals surface area contributed by atoms with Gasteiger partial charge in [-0.1, -0.05) is 12.1 Å². The molecule has 4 nitrogen and oxygen atoms in total. The number of benzene rings is 1. The van der Waals surface area contributed by atoms with E-state index in [9.17, 15) is 4.79 Å². The van der Waals surface area contributed by atoms with Crippen molar-refractivity contribution in [3.05, 3.63) is 35.4 Å². The van der Waals surface area contributed by atoms with Crippen molar-refractivity contribution >= 4 is 18.3 Å². The zero-order valence-electron chi connectivity index (χ0n) is 11.3. The maximum atomic E-state index is 12.3. The van der Waals surface area contributed by atoms with E-state index in [1.54, 1.807) is 0 Å². The van der Waals surface area contributed by atoms with Gasteiger partial charge in [0.1, 0.15) is 0 Å². The van der Waals surface area contributed by atoms with Crippen LogP contribution >= 0.6 is 12.4 Å². The molecule has 5 heteroatoms. The van der Waals surface area contributed by atoms with Gasteiger partial charge < -0.3 is 16.0 Å². The van der Waals surface area contributed by atoms with Gasteiger partial charge in [0.25, 0.3) is 5.91 Å². The van der Waals surface area contributed by atoms with Gasteiger partial charge in [-0.3, -0.25) is 4.79 Å². The minimum Gasteiger partial charge on any atom is -0.337 e. The molecule has 1 aromatic carbocycles. The fourth-order valence-electron chi connectivity index (χ4n) is 2.36. The molecule has 1 aliphatic rings. The summed E-state index contributed by atoms with van der Waals surface area (Å²) in [5, 5.41) is 3.25. The second kappa shape index (κ2) is 7.48. The number of nitrogens with zero attached hydrogens (tertiary/aromatic N) is 1. The van der Waals surface area contributed by atoms with E-state index in [0.717, 1.165) is 37.1 Å². The summed E-state index contributed by atoms with van der Waals surface area (Å²) in [6.07, 6.45) is 2.21. The summed E-state index contributed by atoms with van der Waals surface area (Å²) < 4.78 is 0. The van der Waals surface area contributed by atoms with Gasteiger partial charge in [0.05, 0.1) is 0 Å². The molecular formula is C14H22ClN3O. The Morgan fingerprint density at radius 3 is 2.68 bits per heavy atom. The van der Waals surface area contributed by atoms with Gasteiger partial charge in [0, 0.05) is 31.2 Å². The lowest BCUT2D eigenvalue weighted by Gasteiger charge is -2.32. The molecule has 0 radical (unpaired) electrons. The van der Waals surface area contributed by atoms with E-state index in [4.69, 9.17) is 5.73 Å². The average molecular weight is 284 g/mol. The third-order valence-corrected chi connectivity index (χ3v) is 3.55. The number of carbonyl (C=O) groups is 1. The maximum absolute atomic E-state index is 12.3. The number of halogens is 1. The highest BCUT2D eigenvalue weighted by Crippen LogP contribution is 2.14. The predicted octanol–water partition coefficient (Wildman–Crippen LogP) is 1.39. The van der Waals surface area contributed by atoms with Crippen LogP contribution in [0.3, 0.4) is 0 Å². The lowest BCUT2D eigenvalue weighted by molar-refractivity contribution is 0.0698. The Kier molecular flexibility index (Phi) is 6.28. The third-order valence-electron chi connectivity index (χ3n) is 3.55. The highest BCUT2D eigenvalue weighted by atomic mass is 35.5. The van der Waals surface area contributed by atoms with Crippen LogP contribution in [0.15, 0.2) is 24.3 Å². The Bertz CT molecular complexity index is 408. The van der Waals surface area contributed by atoms with E-state index in [0.29, 0.717) is 12.6 Å². The normalized spacial score (nSPS) is 18.8. The van der Waals surface area contributed by atoms with Crippen molar-refractivity contribution in [2.24, 2.45) is 5.73 Å². The summed E-state index contributed by atoms with van der Waals surface area (Å²) in [6.45, 7) is 2.17. The lowest BCUT2D eigenvalue weighted by atomic mass is 10.0. The van der Waals surface area contributed by atoms with Gasteiger partial charge in [0.15, 0.2) is 0 Å². The van der Waals surface area contributed by atoms with E-state index in [1.807, 2.05) is 36.2 Å². The lowest BCUT2D eigenvalue weighted by Crippen LogP contribution is -2.46. The van der Waals surface area contributed by atoms with Gasteiger partial charge >= 0.3 is 0 Å². The molecule has 1 heterocycles. The van der Waals surface area contributed by atoms with Crippen LogP contribution in [0, 0.1) is 0 Å². The first-order valence-electron chi connectivity index (χ1n) is 6.50. The molecule has 1 aromatic rings. The molecule has 1 saturated heterocycles. The first kappa shape index (κ1) is 16.0. The number of likely N-dealkylation sites (N-methyl/N-ethyl adjacent to an activating group) is 1. The summed E-state index contributed by atoms with van der Waals surface area (Å²) in [7, 11) is 1.95. The molecule has 106 valence electrons. The van der Waals surface area contributed by atoms with Crippen LogP contribution in [-0.4, -0.2) is 37.0 Å². The van der Waals surface area contributed by atoms with Crippen molar-refractivity contribution in [1.82, 2.24) is 10.2 Å². The summed E-state index contributed by atoms with van der Waals surface area (Å²) in [4.78, 5) is 14.3. The Morgan fingerprint density at radius 2 is 2.11 bits per heavy atom. The van der Waals surface area contributed by atoms with Crippen molar-refractivity contribution in [2.75, 3.05) is 20.1 Å². The number of likely N-dealkylation sites (tertiary alicyclic amines) is 1. The van der Waals surface area contributed by atoms with Gasteiger partial charge in [-0.25, -0.2) is 0 Å². The number of nitrogens with two attached hydrogens (primary N) is 1. The van der Waals surface area contributed by atoms with Crippen LogP contribution in [0.25, 0.3) is 0 Å². The Morgan fingerprint density at radius 1 is 1.42 bits per heavy atom. The average Bonchev–Trinajstić information content (AvgIpc) is 2.46. The van der Waals surface area contributed by atoms with Crippen LogP contribution in [0.1, 0.15) is 28.8 Å². The maximum Gasteiger partial charge on any atom is 0.253 e. The van der Waals surface area contributed by atoms with Crippen LogP contribution in [0.5, 0.6) is 0 Å². The number of nitrogens with one attached hydrogen (secondary N) is 1. The molecule has 0 aromatic heterocycles. The fourth-order valence-corrected chi connectivity index (χ4v) is 2.36. The van der Waals surface area contributed by atoms with Gasteiger partial charge in [-0.15, -0.1) is 12.4 Å². The van der Waals surface area contributed by atoms with E-state index in [1.165, 1.54) is 0 Å². The Labute approximate surface area is 120 Å². The molecule has 0 spiro atoms. The smallest absolute Gasteiger partial charge is 0.253 e. The Hall–Kier alpha value is -1.10. The molecule has 3 N–H and O–H groups in total. The second-order valence-electron chi connectivity index (χ2n) is 4.78. The number of hydrogen-bond donors (Lipinski definition) is 2. The molecule has 1 atom stereocenters. The van der Waals surface area contributed by atoms with Gasteiger partial charge in [0.2, 0.25) is 0 Å². The molecule has 1 amide bonds.